The van der Waals surface area contributed by atoms with E-state index in [2.05, 4.69) is 214 Å². The molecule has 63 heavy (non-hydrogen) atoms. The van der Waals surface area contributed by atoms with Crippen molar-refractivity contribution in [3.05, 3.63) is 224 Å². The van der Waals surface area contributed by atoms with Crippen molar-refractivity contribution in [2.45, 2.75) is 0 Å². The van der Waals surface area contributed by atoms with Crippen LogP contribution in [0.2, 0.25) is 0 Å². The molecule has 0 unspecified atom stereocenters. The highest BCUT2D eigenvalue weighted by Crippen LogP contribution is 2.44. The second-order valence-electron chi connectivity index (χ2n) is 16.2. The van der Waals surface area contributed by atoms with E-state index < -0.39 is 0 Å². The predicted octanol–water partition coefficient (Wildman–Crippen LogP) is 14.8. The summed E-state index contributed by atoms with van der Waals surface area (Å²) in [7, 11) is 0. The van der Waals surface area contributed by atoms with Crippen molar-refractivity contribution in [3.8, 4) is 51.0 Å². The van der Waals surface area contributed by atoms with Gasteiger partial charge in [0.25, 0.3) is 0 Å². The maximum absolute atomic E-state index is 5.28. The van der Waals surface area contributed by atoms with E-state index in [1.165, 1.54) is 48.9 Å². The lowest BCUT2D eigenvalue weighted by Crippen LogP contribution is -1.98. The van der Waals surface area contributed by atoms with E-state index in [1.54, 1.807) is 0 Å². The fourth-order valence-electron chi connectivity index (χ4n) is 9.86. The van der Waals surface area contributed by atoms with Crippen LogP contribution in [0.4, 0.5) is 0 Å². The van der Waals surface area contributed by atoms with Crippen molar-refractivity contribution >= 4 is 65.4 Å². The molecule has 0 atom stereocenters. The molecule has 0 spiro atoms. The van der Waals surface area contributed by atoms with Gasteiger partial charge in [-0.3, -0.25) is 0 Å². The largest absolute Gasteiger partial charge is 0.309 e. The highest BCUT2D eigenvalue weighted by atomic mass is 15.0. The minimum Gasteiger partial charge on any atom is -0.309 e. The Morgan fingerprint density at radius 1 is 0.270 bits per heavy atom. The molecule has 0 N–H and O–H groups in total. The van der Waals surface area contributed by atoms with Gasteiger partial charge in [0.2, 0.25) is 0 Å². The van der Waals surface area contributed by atoms with Crippen LogP contribution in [0, 0.1) is 0 Å². The van der Waals surface area contributed by atoms with E-state index in [4.69, 9.17) is 9.97 Å². The number of benzene rings is 9. The van der Waals surface area contributed by atoms with Crippen molar-refractivity contribution in [2.75, 3.05) is 0 Å². The Hall–Kier alpha value is -8.54. The molecule has 0 bridgehead atoms. The van der Waals surface area contributed by atoms with Crippen LogP contribution in [0.25, 0.3) is 116 Å². The van der Waals surface area contributed by atoms with Crippen LogP contribution in [0.1, 0.15) is 0 Å². The molecule has 5 heteroatoms. The average molecular weight is 804 g/mol. The lowest BCUT2D eigenvalue weighted by Gasteiger charge is -2.12. The quantitative estimate of drug-likeness (QED) is 0.168. The van der Waals surface area contributed by atoms with E-state index in [1.807, 2.05) is 24.3 Å². The number of para-hydroxylation sites is 4. The first-order chi connectivity index (χ1) is 31.3. The van der Waals surface area contributed by atoms with Crippen LogP contribution < -0.4 is 0 Å². The summed E-state index contributed by atoms with van der Waals surface area (Å²) in [6.07, 6.45) is 0. The van der Waals surface area contributed by atoms with Crippen LogP contribution in [-0.2, 0) is 0 Å². The Bertz CT molecular complexity index is 3820. The van der Waals surface area contributed by atoms with Crippen LogP contribution in [0.3, 0.4) is 0 Å². The molecule has 294 valence electrons. The third-order valence-electron chi connectivity index (χ3n) is 12.6. The van der Waals surface area contributed by atoms with Gasteiger partial charge in [-0.2, -0.15) is 0 Å². The highest BCUT2D eigenvalue weighted by Gasteiger charge is 2.23. The number of hydrogen-bond donors (Lipinski definition) is 0. The number of fused-ring (bicyclic) bond motifs is 10. The molecule has 0 aliphatic rings. The number of rotatable bonds is 6. The lowest BCUT2D eigenvalue weighted by atomic mass is 10.0. The van der Waals surface area contributed by atoms with Gasteiger partial charge >= 0.3 is 0 Å². The fraction of sp³-hybridized carbons (Fsp3) is 0. The molecule has 4 aromatic heterocycles. The van der Waals surface area contributed by atoms with E-state index in [0.717, 1.165) is 61.7 Å². The molecule has 0 fully saturated rings. The van der Waals surface area contributed by atoms with Crippen LogP contribution in [-0.4, -0.2) is 23.7 Å². The summed E-state index contributed by atoms with van der Waals surface area (Å²) in [6, 6.07) is 80.3. The summed E-state index contributed by atoms with van der Waals surface area (Å²) in [5, 5.41) is 7.27. The molecular weight excluding hydrogens is 767 g/mol. The molecule has 0 saturated carbocycles. The molecule has 13 aromatic rings. The van der Waals surface area contributed by atoms with E-state index in [0.29, 0.717) is 5.82 Å². The van der Waals surface area contributed by atoms with Crippen molar-refractivity contribution < 1.29 is 0 Å². The van der Waals surface area contributed by atoms with Gasteiger partial charge in [-0.05, 0) is 66.7 Å². The van der Waals surface area contributed by atoms with E-state index in [-0.39, 0.29) is 0 Å². The monoisotopic (exact) mass is 803 g/mol. The molecule has 0 aliphatic heterocycles. The molecule has 9 aromatic carbocycles. The highest BCUT2D eigenvalue weighted by molar-refractivity contribution is 6.26. The summed E-state index contributed by atoms with van der Waals surface area (Å²) < 4.78 is 7.31. The Morgan fingerprint density at radius 3 is 1.46 bits per heavy atom. The standard InChI is InChI=1S/C58H37N5/c1-5-17-38(18-6-1)49-37-50(60-58(59-49)39-19-7-2-8-20-39)40-29-31-48-54(35-40)62(43-30-32-46-44-25-13-15-27-51(44)61(55(46)36-43)41-21-9-3-10-22-41)53-34-33-47-45-26-14-16-28-52(45)63(57(47)56(48)53)42-23-11-4-12-24-42/h1-37H. The van der Waals surface area contributed by atoms with Gasteiger partial charge in [-0.15, -0.1) is 0 Å². The van der Waals surface area contributed by atoms with Gasteiger partial charge < -0.3 is 13.7 Å². The first kappa shape index (κ1) is 35.2. The zero-order valence-corrected chi connectivity index (χ0v) is 34.1. The molecule has 0 radical (unpaired) electrons. The van der Waals surface area contributed by atoms with Crippen LogP contribution >= 0.6 is 0 Å². The molecule has 0 saturated heterocycles. The first-order valence-corrected chi connectivity index (χ1v) is 21.4. The maximum atomic E-state index is 5.28. The summed E-state index contributed by atoms with van der Waals surface area (Å²) >= 11 is 0. The van der Waals surface area contributed by atoms with Gasteiger partial charge in [-0.1, -0.05) is 158 Å². The smallest absolute Gasteiger partial charge is 0.160 e. The molecular formula is C58H37N5. The third kappa shape index (κ3) is 5.50. The Balaban J connectivity index is 1.15. The Kier molecular flexibility index (Phi) is 7.84. The normalized spacial score (nSPS) is 11.8. The first-order valence-electron chi connectivity index (χ1n) is 21.4. The van der Waals surface area contributed by atoms with Crippen LogP contribution in [0.15, 0.2) is 224 Å². The van der Waals surface area contributed by atoms with Crippen molar-refractivity contribution in [2.24, 2.45) is 0 Å². The third-order valence-corrected chi connectivity index (χ3v) is 12.6. The van der Waals surface area contributed by atoms with Gasteiger partial charge in [0.15, 0.2) is 5.82 Å². The summed E-state index contributed by atoms with van der Waals surface area (Å²) in [5.74, 6) is 0.695. The topological polar surface area (TPSA) is 40.6 Å². The van der Waals surface area contributed by atoms with Crippen molar-refractivity contribution in [1.29, 1.82) is 0 Å². The van der Waals surface area contributed by atoms with Crippen LogP contribution in [0.5, 0.6) is 0 Å². The molecule has 0 amide bonds. The molecule has 0 aliphatic carbocycles. The van der Waals surface area contributed by atoms with Gasteiger partial charge in [0.05, 0.1) is 44.5 Å². The number of nitrogens with zero attached hydrogens (tertiary/aromatic N) is 5. The average Bonchev–Trinajstić information content (AvgIpc) is 4.00. The second kappa shape index (κ2) is 14.0. The molecule has 4 heterocycles. The Morgan fingerprint density at radius 2 is 0.762 bits per heavy atom. The van der Waals surface area contributed by atoms with E-state index >= 15 is 0 Å². The second-order valence-corrected chi connectivity index (χ2v) is 16.2. The number of aromatic nitrogens is 5. The minimum absolute atomic E-state index is 0.695. The summed E-state index contributed by atoms with van der Waals surface area (Å²) in [5.41, 5.74) is 15.1. The van der Waals surface area contributed by atoms with Gasteiger partial charge in [0.1, 0.15) is 0 Å². The van der Waals surface area contributed by atoms with Gasteiger partial charge in [-0.25, -0.2) is 9.97 Å². The number of hydrogen-bond acceptors (Lipinski definition) is 2. The molecule has 13 rings (SSSR count). The summed E-state index contributed by atoms with van der Waals surface area (Å²) in [6.45, 7) is 0. The SMILES string of the molecule is c1ccc(-c2cc(-c3ccc4c5c(ccc6c7ccccc7n(-c7ccccc7)c65)n(-c5ccc6c7ccccc7n(-c7ccccc7)c6c5)c4c3)nc(-c3ccccc3)n2)cc1. The lowest BCUT2D eigenvalue weighted by molar-refractivity contribution is 1.15. The van der Waals surface area contributed by atoms with Crippen molar-refractivity contribution in [1.82, 2.24) is 23.7 Å². The molecule has 5 nitrogen and oxygen atoms in total. The Labute approximate surface area is 363 Å². The minimum atomic E-state index is 0.695. The van der Waals surface area contributed by atoms with Crippen molar-refractivity contribution in [3.63, 3.8) is 0 Å². The fourth-order valence-corrected chi connectivity index (χ4v) is 9.86. The van der Waals surface area contributed by atoms with Gasteiger partial charge in [0, 0.05) is 66.1 Å². The van der Waals surface area contributed by atoms with E-state index in [9.17, 15) is 0 Å². The predicted molar refractivity (Wildman–Crippen MR) is 261 cm³/mol. The zero-order chi connectivity index (χ0) is 41.4. The maximum Gasteiger partial charge on any atom is 0.160 e. The zero-order valence-electron chi connectivity index (χ0n) is 34.1. The summed E-state index contributed by atoms with van der Waals surface area (Å²) in [4.78, 5) is 10.4.